The predicted molar refractivity (Wildman–Crippen MR) is 112 cm³/mol. The number of anilines is 2. The summed E-state index contributed by atoms with van der Waals surface area (Å²) in [4.78, 5) is 20.6. The first-order chi connectivity index (χ1) is 14.3. The average molecular weight is 410 g/mol. The van der Waals surface area contributed by atoms with Crippen molar-refractivity contribution in [2.24, 2.45) is 0 Å². The van der Waals surface area contributed by atoms with Gasteiger partial charge in [0.05, 0.1) is 12.3 Å². The number of nitrogens with one attached hydrogen (secondary N) is 2. The summed E-state index contributed by atoms with van der Waals surface area (Å²) in [6.07, 6.45) is 1.43. The highest BCUT2D eigenvalue weighted by molar-refractivity contribution is 5.95. The zero-order chi connectivity index (χ0) is 21.6. The second kappa shape index (κ2) is 9.32. The van der Waals surface area contributed by atoms with Crippen LogP contribution in [-0.2, 0) is 0 Å². The van der Waals surface area contributed by atoms with E-state index in [4.69, 9.17) is 9.84 Å². The van der Waals surface area contributed by atoms with Crippen molar-refractivity contribution in [3.05, 3.63) is 66.5 Å². The van der Waals surface area contributed by atoms with E-state index in [1.54, 1.807) is 48.5 Å². The lowest BCUT2D eigenvalue weighted by Gasteiger charge is -2.17. The number of aromatic nitrogens is 2. The van der Waals surface area contributed by atoms with Crippen LogP contribution in [0.1, 0.15) is 24.2 Å². The third kappa shape index (κ3) is 5.99. The van der Waals surface area contributed by atoms with Gasteiger partial charge in [0.25, 0.3) is 5.91 Å². The number of aliphatic hydroxyl groups excluding tert-OH is 1. The van der Waals surface area contributed by atoms with Gasteiger partial charge in [-0.2, -0.15) is 4.39 Å². The number of benzene rings is 2. The van der Waals surface area contributed by atoms with E-state index in [-0.39, 0.29) is 19.1 Å². The Kier molecular flexibility index (Phi) is 6.58. The van der Waals surface area contributed by atoms with Crippen molar-refractivity contribution < 1.29 is 19.0 Å². The molecule has 1 amide bonds. The Hall–Kier alpha value is -3.52. The van der Waals surface area contributed by atoms with Crippen LogP contribution in [0.4, 0.5) is 15.9 Å². The van der Waals surface area contributed by atoms with Crippen LogP contribution in [0.25, 0.3) is 11.3 Å². The van der Waals surface area contributed by atoms with Crippen molar-refractivity contribution in [3.8, 4) is 17.0 Å². The molecule has 3 N–H and O–H groups in total. The Morgan fingerprint density at radius 2 is 1.90 bits per heavy atom. The Morgan fingerprint density at radius 1 is 1.13 bits per heavy atom. The fraction of sp³-hybridized carbons (Fsp3) is 0.227. The monoisotopic (exact) mass is 410 g/mol. The lowest BCUT2D eigenvalue weighted by molar-refractivity contribution is -0.0256. The molecule has 0 aliphatic carbocycles. The molecule has 1 aromatic heterocycles. The van der Waals surface area contributed by atoms with E-state index >= 15 is 0 Å². The Labute approximate surface area is 174 Å². The highest BCUT2D eigenvalue weighted by atomic mass is 19.2. The van der Waals surface area contributed by atoms with E-state index in [1.165, 1.54) is 20.2 Å². The van der Waals surface area contributed by atoms with E-state index in [2.05, 4.69) is 20.6 Å². The number of hydrogen-bond donors (Lipinski definition) is 3. The molecule has 0 bridgehead atoms. The molecule has 0 atom stereocenters. The fourth-order valence-electron chi connectivity index (χ4n) is 2.71. The van der Waals surface area contributed by atoms with Crippen molar-refractivity contribution in [3.63, 3.8) is 0 Å². The van der Waals surface area contributed by atoms with Gasteiger partial charge in [-0.3, -0.25) is 4.79 Å². The van der Waals surface area contributed by atoms with Gasteiger partial charge in [0.2, 0.25) is 5.85 Å². The lowest BCUT2D eigenvalue weighted by atomic mass is 10.1. The minimum absolute atomic E-state index is 0.120. The summed E-state index contributed by atoms with van der Waals surface area (Å²) < 4.78 is 18.7. The molecule has 7 nitrogen and oxygen atoms in total. The van der Waals surface area contributed by atoms with Crippen LogP contribution in [0, 0.1) is 0 Å². The van der Waals surface area contributed by atoms with Crippen LogP contribution < -0.4 is 15.4 Å². The number of amides is 1. The second-order valence-electron chi connectivity index (χ2n) is 6.96. The molecule has 0 saturated heterocycles. The van der Waals surface area contributed by atoms with Gasteiger partial charge in [-0.15, -0.1) is 0 Å². The summed E-state index contributed by atoms with van der Waals surface area (Å²) in [5.74, 6) is -1.03. The number of nitrogens with zero attached hydrogens (tertiary/aromatic N) is 2. The van der Waals surface area contributed by atoms with Gasteiger partial charge in [-0.05, 0) is 36.4 Å². The van der Waals surface area contributed by atoms with Crippen LogP contribution >= 0.6 is 0 Å². The molecule has 0 unspecified atom stereocenters. The number of halogens is 1. The molecule has 30 heavy (non-hydrogen) atoms. The topological polar surface area (TPSA) is 96.4 Å². The average Bonchev–Trinajstić information content (AvgIpc) is 2.73. The van der Waals surface area contributed by atoms with Gasteiger partial charge in [0.1, 0.15) is 17.9 Å². The summed E-state index contributed by atoms with van der Waals surface area (Å²) in [6, 6.07) is 15.6. The maximum atomic E-state index is 13.6. The molecule has 1 heterocycles. The Morgan fingerprint density at radius 3 is 2.60 bits per heavy atom. The summed E-state index contributed by atoms with van der Waals surface area (Å²) in [6.45, 7) is 2.75. The van der Waals surface area contributed by atoms with Crippen LogP contribution in [0.15, 0.2) is 60.9 Å². The first-order valence-electron chi connectivity index (χ1n) is 9.40. The number of carbonyl (C=O) groups excluding carboxylic acids is 1. The predicted octanol–water partition coefficient (Wildman–Crippen LogP) is 3.69. The quantitative estimate of drug-likeness (QED) is 0.524. The van der Waals surface area contributed by atoms with Crippen LogP contribution in [0.5, 0.6) is 5.75 Å². The van der Waals surface area contributed by atoms with Gasteiger partial charge in [0, 0.05) is 43.3 Å². The number of alkyl halides is 1. The SMILES string of the molecule is CC(C)(F)Oc1ccc(Nc2cc(-c3cccc(C(=O)NCCO)c3)ncn2)cc1. The maximum absolute atomic E-state index is 13.6. The smallest absolute Gasteiger partial charge is 0.251 e. The second-order valence-corrected chi connectivity index (χ2v) is 6.96. The molecular weight excluding hydrogens is 387 g/mol. The minimum Gasteiger partial charge on any atom is -0.459 e. The number of aliphatic hydroxyl groups is 1. The van der Waals surface area contributed by atoms with E-state index in [0.717, 1.165) is 11.3 Å². The minimum atomic E-state index is -1.75. The molecule has 156 valence electrons. The molecule has 0 saturated carbocycles. The summed E-state index contributed by atoms with van der Waals surface area (Å²) in [7, 11) is 0. The molecule has 0 aliphatic rings. The summed E-state index contributed by atoms with van der Waals surface area (Å²) in [5, 5.41) is 14.6. The van der Waals surface area contributed by atoms with Gasteiger partial charge in [-0.1, -0.05) is 12.1 Å². The lowest BCUT2D eigenvalue weighted by Crippen LogP contribution is -2.26. The molecule has 2 aromatic carbocycles. The summed E-state index contributed by atoms with van der Waals surface area (Å²) >= 11 is 0. The standard InChI is InChI=1S/C22H23FN4O3/c1-22(2,23)30-18-8-6-17(7-9-18)27-20-13-19(25-14-26-20)15-4-3-5-16(12-15)21(29)24-10-11-28/h3-9,12-14,28H,10-11H2,1-2H3,(H,24,29)(H,25,26,27). The number of rotatable bonds is 8. The van der Waals surface area contributed by atoms with Crippen molar-refractivity contribution in [1.82, 2.24) is 15.3 Å². The van der Waals surface area contributed by atoms with E-state index < -0.39 is 5.85 Å². The van der Waals surface area contributed by atoms with Gasteiger partial charge < -0.3 is 20.5 Å². The number of carbonyl (C=O) groups is 1. The number of ether oxygens (including phenoxy) is 1. The zero-order valence-electron chi connectivity index (χ0n) is 16.7. The molecular formula is C22H23FN4O3. The van der Waals surface area contributed by atoms with Crippen molar-refractivity contribution >= 4 is 17.4 Å². The molecule has 8 heteroatoms. The Balaban J connectivity index is 1.74. The van der Waals surface area contributed by atoms with Crippen LogP contribution in [-0.4, -0.2) is 40.0 Å². The van der Waals surface area contributed by atoms with E-state index in [9.17, 15) is 9.18 Å². The van der Waals surface area contributed by atoms with Crippen molar-refractivity contribution in [1.29, 1.82) is 0 Å². The zero-order valence-corrected chi connectivity index (χ0v) is 16.7. The first-order valence-corrected chi connectivity index (χ1v) is 9.40. The molecule has 0 spiro atoms. The molecule has 3 aromatic rings. The molecule has 0 aliphatic heterocycles. The largest absolute Gasteiger partial charge is 0.459 e. The Bertz CT molecular complexity index is 1000. The van der Waals surface area contributed by atoms with Gasteiger partial charge >= 0.3 is 0 Å². The summed E-state index contributed by atoms with van der Waals surface area (Å²) in [5.41, 5.74) is 2.62. The third-order valence-corrected chi connectivity index (χ3v) is 3.97. The number of hydrogen-bond acceptors (Lipinski definition) is 6. The molecule has 0 fully saturated rings. The van der Waals surface area contributed by atoms with Gasteiger partial charge in [0.15, 0.2) is 0 Å². The highest BCUT2D eigenvalue weighted by Gasteiger charge is 2.16. The molecule has 0 radical (unpaired) electrons. The van der Waals surface area contributed by atoms with Crippen LogP contribution in [0.2, 0.25) is 0 Å². The third-order valence-electron chi connectivity index (χ3n) is 3.97. The first kappa shape index (κ1) is 21.2. The van der Waals surface area contributed by atoms with Crippen molar-refractivity contribution in [2.75, 3.05) is 18.5 Å². The van der Waals surface area contributed by atoms with Crippen molar-refractivity contribution in [2.45, 2.75) is 19.7 Å². The molecule has 3 rings (SSSR count). The van der Waals surface area contributed by atoms with E-state index in [1.807, 2.05) is 6.07 Å². The van der Waals surface area contributed by atoms with Gasteiger partial charge in [-0.25, -0.2) is 9.97 Å². The van der Waals surface area contributed by atoms with Crippen LogP contribution in [0.3, 0.4) is 0 Å². The fourth-order valence-corrected chi connectivity index (χ4v) is 2.71. The highest BCUT2D eigenvalue weighted by Crippen LogP contribution is 2.25. The van der Waals surface area contributed by atoms with E-state index in [0.29, 0.717) is 22.8 Å². The normalized spacial score (nSPS) is 11.1. The maximum Gasteiger partial charge on any atom is 0.251 e.